The maximum atomic E-state index is 6.03. The second-order valence-corrected chi connectivity index (χ2v) is 14.4. The standard InChI is InChI=1S/C36H66N4O2S2/c1-3-5-7-9-11-12-13-14-15-16-17-18-19-21-23-25-33-44-36-38-34(42-31-28-40-26-29-41-30-27-40)37-35(39-36)43-32-24-22-20-10-8-6-4-2/h14-15H,3-13,16-33H2,1-2H3/b15-14-. The van der Waals surface area contributed by atoms with Gasteiger partial charge in [0.25, 0.3) is 0 Å². The molecule has 0 N–H and O–H groups in total. The summed E-state index contributed by atoms with van der Waals surface area (Å²) in [6.07, 6.45) is 32.8. The molecule has 2 rings (SSSR count). The number of allylic oxidation sites excluding steroid dienone is 2. The van der Waals surface area contributed by atoms with Crippen molar-refractivity contribution in [3.63, 3.8) is 0 Å². The van der Waals surface area contributed by atoms with E-state index in [0.29, 0.717) is 12.6 Å². The van der Waals surface area contributed by atoms with Gasteiger partial charge in [-0.25, -0.2) is 0 Å². The van der Waals surface area contributed by atoms with E-state index in [9.17, 15) is 0 Å². The fourth-order valence-electron chi connectivity index (χ4n) is 5.34. The predicted octanol–water partition coefficient (Wildman–Crippen LogP) is 10.6. The highest BCUT2D eigenvalue weighted by Crippen LogP contribution is 2.24. The minimum absolute atomic E-state index is 0.485. The molecule has 1 aliphatic heterocycles. The highest BCUT2D eigenvalue weighted by atomic mass is 32.2. The van der Waals surface area contributed by atoms with Crippen molar-refractivity contribution < 1.29 is 9.47 Å². The van der Waals surface area contributed by atoms with Crippen LogP contribution in [0.25, 0.3) is 0 Å². The van der Waals surface area contributed by atoms with E-state index in [-0.39, 0.29) is 0 Å². The van der Waals surface area contributed by atoms with Crippen LogP contribution in [0.15, 0.2) is 22.5 Å². The zero-order chi connectivity index (χ0) is 31.2. The second-order valence-electron chi connectivity index (χ2n) is 12.2. The Hall–Kier alpha value is -0.830. The van der Waals surface area contributed by atoms with Crippen LogP contribution < -0.4 is 4.74 Å². The quantitative estimate of drug-likeness (QED) is 0.0463. The van der Waals surface area contributed by atoms with Gasteiger partial charge in [-0.2, -0.15) is 15.0 Å². The van der Waals surface area contributed by atoms with Gasteiger partial charge in [0, 0.05) is 31.1 Å². The van der Waals surface area contributed by atoms with Crippen molar-refractivity contribution in [2.75, 3.05) is 51.0 Å². The molecule has 44 heavy (non-hydrogen) atoms. The number of nitrogens with zero attached hydrogens (tertiary/aromatic N) is 4. The molecular formula is C36H66N4O2S2. The van der Waals surface area contributed by atoms with Crippen LogP contribution in [0, 0.1) is 0 Å². The number of aromatic nitrogens is 3. The molecule has 0 unspecified atom stereocenters. The summed E-state index contributed by atoms with van der Waals surface area (Å²) in [6, 6.07) is 0.485. The summed E-state index contributed by atoms with van der Waals surface area (Å²) in [5.41, 5.74) is 0. The monoisotopic (exact) mass is 650 g/mol. The first-order chi connectivity index (χ1) is 21.8. The van der Waals surface area contributed by atoms with Gasteiger partial charge in [-0.15, -0.1) is 0 Å². The molecule has 0 aromatic carbocycles. The topological polar surface area (TPSA) is 60.4 Å². The van der Waals surface area contributed by atoms with Crippen molar-refractivity contribution >= 4 is 23.5 Å². The largest absolute Gasteiger partial charge is 0.462 e. The minimum Gasteiger partial charge on any atom is -0.462 e. The zero-order valence-electron chi connectivity index (χ0n) is 28.6. The van der Waals surface area contributed by atoms with E-state index >= 15 is 0 Å². The van der Waals surface area contributed by atoms with Gasteiger partial charge in [0.05, 0.1) is 13.2 Å². The first kappa shape index (κ1) is 39.3. The summed E-state index contributed by atoms with van der Waals surface area (Å²) in [7, 11) is 0. The first-order valence-corrected chi connectivity index (χ1v) is 20.4. The van der Waals surface area contributed by atoms with Gasteiger partial charge in [-0.1, -0.05) is 146 Å². The summed E-state index contributed by atoms with van der Waals surface area (Å²) >= 11 is 3.52. The molecule has 1 aromatic rings. The predicted molar refractivity (Wildman–Crippen MR) is 191 cm³/mol. The molecule has 0 amide bonds. The summed E-state index contributed by atoms with van der Waals surface area (Å²) in [6.45, 7) is 9.60. The van der Waals surface area contributed by atoms with Gasteiger partial charge in [-0.3, -0.25) is 4.90 Å². The molecule has 2 heterocycles. The van der Waals surface area contributed by atoms with Gasteiger partial charge in [0.2, 0.25) is 0 Å². The Morgan fingerprint density at radius 3 is 1.57 bits per heavy atom. The Kier molecular flexibility index (Phi) is 26.4. The Balaban J connectivity index is 1.60. The molecule has 1 fully saturated rings. The molecule has 1 saturated heterocycles. The Bertz CT molecular complexity index is 808. The molecule has 1 aliphatic rings. The molecule has 0 bridgehead atoms. The van der Waals surface area contributed by atoms with Crippen molar-refractivity contribution in [2.24, 2.45) is 0 Å². The van der Waals surface area contributed by atoms with Gasteiger partial charge in [0.1, 0.15) is 6.61 Å². The van der Waals surface area contributed by atoms with E-state index < -0.39 is 0 Å². The number of rotatable bonds is 30. The van der Waals surface area contributed by atoms with Crippen molar-refractivity contribution in [2.45, 2.75) is 159 Å². The lowest BCUT2D eigenvalue weighted by Gasteiger charge is -2.26. The van der Waals surface area contributed by atoms with E-state index in [1.165, 1.54) is 135 Å². The fourth-order valence-corrected chi connectivity index (χ4v) is 7.05. The highest BCUT2D eigenvalue weighted by molar-refractivity contribution is 7.99. The van der Waals surface area contributed by atoms with Gasteiger partial charge >= 0.3 is 6.01 Å². The van der Waals surface area contributed by atoms with Crippen molar-refractivity contribution in [3.05, 3.63) is 12.2 Å². The van der Waals surface area contributed by atoms with Crippen LogP contribution in [-0.2, 0) is 4.74 Å². The fraction of sp³-hybridized carbons (Fsp3) is 0.861. The molecular weight excluding hydrogens is 585 g/mol. The van der Waals surface area contributed by atoms with Crippen LogP contribution >= 0.6 is 23.5 Å². The van der Waals surface area contributed by atoms with Crippen molar-refractivity contribution in [3.8, 4) is 6.01 Å². The maximum Gasteiger partial charge on any atom is 0.321 e. The molecule has 6 nitrogen and oxygen atoms in total. The van der Waals surface area contributed by atoms with Crippen LogP contribution in [0.4, 0.5) is 0 Å². The molecule has 8 heteroatoms. The SMILES string of the molecule is CCCCCCCC/C=C\CCCCCCCCSc1nc(OCCN2CCOCC2)nc(SCCCCCCCCC)n1. The van der Waals surface area contributed by atoms with Crippen molar-refractivity contribution in [1.82, 2.24) is 19.9 Å². The third-order valence-electron chi connectivity index (χ3n) is 8.18. The van der Waals surface area contributed by atoms with Crippen molar-refractivity contribution in [1.29, 1.82) is 0 Å². The normalized spacial score (nSPS) is 14.1. The Labute approximate surface area is 280 Å². The number of morpholine rings is 1. The minimum atomic E-state index is 0.485. The lowest BCUT2D eigenvalue weighted by molar-refractivity contribution is 0.0316. The number of ether oxygens (including phenoxy) is 2. The van der Waals surface area contributed by atoms with Gasteiger partial charge in [-0.05, 0) is 38.5 Å². The lowest BCUT2D eigenvalue weighted by Crippen LogP contribution is -2.38. The number of hydrogen-bond acceptors (Lipinski definition) is 8. The number of thioether (sulfide) groups is 2. The van der Waals surface area contributed by atoms with E-state index in [4.69, 9.17) is 14.5 Å². The molecule has 1 aromatic heterocycles. The first-order valence-electron chi connectivity index (χ1n) is 18.4. The summed E-state index contributed by atoms with van der Waals surface area (Å²) in [5.74, 6) is 2.12. The van der Waals surface area contributed by atoms with Crippen LogP contribution in [-0.4, -0.2) is 70.8 Å². The number of hydrogen-bond donors (Lipinski definition) is 0. The van der Waals surface area contributed by atoms with Gasteiger partial charge < -0.3 is 9.47 Å². The molecule has 254 valence electrons. The average molecular weight is 651 g/mol. The number of unbranched alkanes of at least 4 members (excludes halogenated alkanes) is 18. The van der Waals surface area contributed by atoms with Crippen LogP contribution in [0.5, 0.6) is 6.01 Å². The summed E-state index contributed by atoms with van der Waals surface area (Å²) in [5, 5.41) is 1.63. The molecule has 0 spiro atoms. The molecule has 0 saturated carbocycles. The Morgan fingerprint density at radius 1 is 0.614 bits per heavy atom. The maximum absolute atomic E-state index is 6.03. The molecule has 0 aliphatic carbocycles. The van der Waals surface area contributed by atoms with Gasteiger partial charge in [0.15, 0.2) is 10.3 Å². The zero-order valence-corrected chi connectivity index (χ0v) is 30.2. The van der Waals surface area contributed by atoms with E-state index in [1.54, 1.807) is 23.5 Å². The molecule has 0 radical (unpaired) electrons. The third-order valence-corrected chi connectivity index (χ3v) is 10.0. The second kappa shape index (κ2) is 29.6. The van der Waals surface area contributed by atoms with E-state index in [0.717, 1.165) is 54.7 Å². The summed E-state index contributed by atoms with van der Waals surface area (Å²) in [4.78, 5) is 16.5. The van der Waals surface area contributed by atoms with E-state index in [2.05, 4.69) is 40.9 Å². The lowest BCUT2D eigenvalue weighted by atomic mass is 10.1. The Morgan fingerprint density at radius 2 is 1.07 bits per heavy atom. The molecule has 0 atom stereocenters. The van der Waals surface area contributed by atoms with Crippen LogP contribution in [0.2, 0.25) is 0 Å². The third kappa shape index (κ3) is 22.6. The van der Waals surface area contributed by atoms with E-state index in [1.807, 2.05) is 0 Å². The van der Waals surface area contributed by atoms with Crippen LogP contribution in [0.3, 0.4) is 0 Å². The van der Waals surface area contributed by atoms with Crippen LogP contribution in [0.1, 0.15) is 149 Å². The highest BCUT2D eigenvalue weighted by Gasteiger charge is 2.12. The average Bonchev–Trinajstić information content (AvgIpc) is 3.04. The smallest absolute Gasteiger partial charge is 0.321 e. The summed E-state index contributed by atoms with van der Waals surface area (Å²) < 4.78 is 11.5.